The number of hydrogen-bond acceptors (Lipinski definition) is 3. The molecule has 0 radical (unpaired) electrons. The van der Waals surface area contributed by atoms with E-state index in [1.165, 1.54) is 25.7 Å². The lowest BCUT2D eigenvalue weighted by Gasteiger charge is -2.09. The standard InChI is InChI=1S/C10H18N4/c1-14-8-12-13-10(14)7-11-6-9-4-2-3-5-9/h8-9,11H,2-7H2,1H3. The first kappa shape index (κ1) is 9.65. The minimum atomic E-state index is 0.840. The molecule has 4 heteroatoms. The van der Waals surface area contributed by atoms with Gasteiger partial charge in [-0.05, 0) is 25.3 Å². The van der Waals surface area contributed by atoms with Gasteiger partial charge in [-0.1, -0.05) is 12.8 Å². The van der Waals surface area contributed by atoms with Crippen molar-refractivity contribution in [2.75, 3.05) is 6.54 Å². The highest BCUT2D eigenvalue weighted by Gasteiger charge is 2.14. The summed E-state index contributed by atoms with van der Waals surface area (Å²) in [6.45, 7) is 1.97. The van der Waals surface area contributed by atoms with Crippen LogP contribution in [0.25, 0.3) is 0 Å². The van der Waals surface area contributed by atoms with E-state index >= 15 is 0 Å². The smallest absolute Gasteiger partial charge is 0.146 e. The zero-order chi connectivity index (χ0) is 9.80. The van der Waals surface area contributed by atoms with Gasteiger partial charge < -0.3 is 9.88 Å². The van der Waals surface area contributed by atoms with Crippen molar-refractivity contribution < 1.29 is 0 Å². The summed E-state index contributed by atoms with van der Waals surface area (Å²) in [5.41, 5.74) is 0. The summed E-state index contributed by atoms with van der Waals surface area (Å²) in [6, 6.07) is 0. The molecule has 4 nitrogen and oxygen atoms in total. The van der Waals surface area contributed by atoms with Crippen LogP contribution >= 0.6 is 0 Å². The van der Waals surface area contributed by atoms with Gasteiger partial charge in [0.2, 0.25) is 0 Å². The maximum atomic E-state index is 4.03. The Balaban J connectivity index is 1.70. The molecule has 0 amide bonds. The Morgan fingerprint density at radius 2 is 2.29 bits per heavy atom. The molecule has 0 unspecified atom stereocenters. The second kappa shape index (κ2) is 4.55. The average molecular weight is 194 g/mol. The van der Waals surface area contributed by atoms with Gasteiger partial charge in [-0.25, -0.2) is 0 Å². The number of rotatable bonds is 4. The van der Waals surface area contributed by atoms with E-state index in [0.29, 0.717) is 0 Å². The van der Waals surface area contributed by atoms with E-state index in [-0.39, 0.29) is 0 Å². The van der Waals surface area contributed by atoms with Crippen LogP contribution < -0.4 is 5.32 Å². The Kier molecular flexibility index (Phi) is 3.14. The largest absolute Gasteiger partial charge is 0.320 e. The van der Waals surface area contributed by atoms with E-state index in [0.717, 1.165) is 24.8 Å². The van der Waals surface area contributed by atoms with Gasteiger partial charge in [0, 0.05) is 7.05 Å². The highest BCUT2D eigenvalue weighted by molar-refractivity contribution is 4.83. The normalized spacial score (nSPS) is 17.8. The number of nitrogens with zero attached hydrogens (tertiary/aromatic N) is 3. The van der Waals surface area contributed by atoms with E-state index in [1.54, 1.807) is 6.33 Å². The molecule has 1 N–H and O–H groups in total. The molecule has 1 aliphatic carbocycles. The monoisotopic (exact) mass is 194 g/mol. The Labute approximate surface area is 84.7 Å². The molecule has 78 valence electrons. The van der Waals surface area contributed by atoms with Crippen molar-refractivity contribution >= 4 is 0 Å². The van der Waals surface area contributed by atoms with Crippen molar-refractivity contribution in [3.63, 3.8) is 0 Å². The summed E-state index contributed by atoms with van der Waals surface area (Å²) >= 11 is 0. The molecule has 0 bridgehead atoms. The third-order valence-corrected chi connectivity index (χ3v) is 3.00. The summed E-state index contributed by atoms with van der Waals surface area (Å²) in [6.07, 6.45) is 7.36. The number of nitrogens with one attached hydrogen (secondary N) is 1. The van der Waals surface area contributed by atoms with E-state index in [2.05, 4.69) is 15.5 Å². The summed E-state index contributed by atoms with van der Waals surface area (Å²) in [5.74, 6) is 1.91. The van der Waals surface area contributed by atoms with Crippen LogP contribution in [0.15, 0.2) is 6.33 Å². The Morgan fingerprint density at radius 1 is 1.50 bits per heavy atom. The van der Waals surface area contributed by atoms with Crippen LogP contribution in [0.1, 0.15) is 31.5 Å². The predicted molar refractivity (Wildman–Crippen MR) is 54.7 cm³/mol. The molecule has 0 saturated heterocycles. The van der Waals surface area contributed by atoms with Gasteiger partial charge >= 0.3 is 0 Å². The third-order valence-electron chi connectivity index (χ3n) is 3.00. The first-order chi connectivity index (χ1) is 6.86. The molecular formula is C10H18N4. The highest BCUT2D eigenvalue weighted by atomic mass is 15.3. The summed E-state index contributed by atoms with van der Waals surface area (Å²) in [7, 11) is 1.98. The minimum absolute atomic E-state index is 0.840. The van der Waals surface area contributed by atoms with Crippen LogP contribution in [0.2, 0.25) is 0 Å². The van der Waals surface area contributed by atoms with Gasteiger partial charge in [0.1, 0.15) is 12.2 Å². The summed E-state index contributed by atoms with van der Waals surface area (Å²) in [4.78, 5) is 0. The first-order valence-electron chi connectivity index (χ1n) is 5.40. The number of aryl methyl sites for hydroxylation is 1. The fraction of sp³-hybridized carbons (Fsp3) is 0.800. The third kappa shape index (κ3) is 2.32. The Hall–Kier alpha value is -0.900. The van der Waals surface area contributed by atoms with E-state index < -0.39 is 0 Å². The molecule has 1 saturated carbocycles. The second-order valence-electron chi connectivity index (χ2n) is 4.14. The second-order valence-corrected chi connectivity index (χ2v) is 4.14. The lowest BCUT2D eigenvalue weighted by Crippen LogP contribution is -2.22. The van der Waals surface area contributed by atoms with Crippen molar-refractivity contribution in [2.45, 2.75) is 32.2 Å². The zero-order valence-corrected chi connectivity index (χ0v) is 8.74. The maximum absolute atomic E-state index is 4.03. The van der Waals surface area contributed by atoms with E-state index in [1.807, 2.05) is 11.6 Å². The van der Waals surface area contributed by atoms with Crippen LogP contribution in [0, 0.1) is 5.92 Å². The van der Waals surface area contributed by atoms with Gasteiger partial charge in [0.25, 0.3) is 0 Å². The zero-order valence-electron chi connectivity index (χ0n) is 8.74. The molecule has 1 fully saturated rings. The summed E-state index contributed by atoms with van der Waals surface area (Å²) < 4.78 is 1.96. The molecule has 2 rings (SSSR count). The molecule has 1 aliphatic rings. The molecule has 14 heavy (non-hydrogen) atoms. The van der Waals surface area contributed by atoms with Crippen LogP contribution in [0.5, 0.6) is 0 Å². The lowest BCUT2D eigenvalue weighted by atomic mass is 10.1. The predicted octanol–water partition coefficient (Wildman–Crippen LogP) is 1.09. The van der Waals surface area contributed by atoms with Crippen molar-refractivity contribution in [3.05, 3.63) is 12.2 Å². The summed E-state index contributed by atoms with van der Waals surface area (Å²) in [5, 5.41) is 11.3. The van der Waals surface area contributed by atoms with E-state index in [9.17, 15) is 0 Å². The molecule has 1 heterocycles. The molecule has 0 aromatic carbocycles. The highest BCUT2D eigenvalue weighted by Crippen LogP contribution is 2.23. The lowest BCUT2D eigenvalue weighted by molar-refractivity contribution is 0.480. The van der Waals surface area contributed by atoms with Crippen LogP contribution in [-0.4, -0.2) is 21.3 Å². The molecule has 1 aromatic heterocycles. The molecule has 0 aliphatic heterocycles. The topological polar surface area (TPSA) is 42.7 Å². The SMILES string of the molecule is Cn1cnnc1CNCC1CCCC1. The van der Waals surface area contributed by atoms with Gasteiger partial charge in [-0.2, -0.15) is 0 Å². The van der Waals surface area contributed by atoms with Crippen molar-refractivity contribution in [1.82, 2.24) is 20.1 Å². The molecular weight excluding hydrogens is 176 g/mol. The Morgan fingerprint density at radius 3 is 2.93 bits per heavy atom. The van der Waals surface area contributed by atoms with E-state index in [4.69, 9.17) is 0 Å². The fourth-order valence-electron chi connectivity index (χ4n) is 2.07. The van der Waals surface area contributed by atoms with Gasteiger partial charge in [-0.15, -0.1) is 10.2 Å². The van der Waals surface area contributed by atoms with Gasteiger partial charge in [0.15, 0.2) is 0 Å². The van der Waals surface area contributed by atoms with Crippen molar-refractivity contribution in [1.29, 1.82) is 0 Å². The fourth-order valence-corrected chi connectivity index (χ4v) is 2.07. The van der Waals surface area contributed by atoms with Crippen molar-refractivity contribution in [3.8, 4) is 0 Å². The van der Waals surface area contributed by atoms with Gasteiger partial charge in [-0.3, -0.25) is 0 Å². The average Bonchev–Trinajstić information content (AvgIpc) is 2.78. The van der Waals surface area contributed by atoms with Crippen LogP contribution in [-0.2, 0) is 13.6 Å². The quantitative estimate of drug-likeness (QED) is 0.780. The minimum Gasteiger partial charge on any atom is -0.320 e. The molecule has 0 atom stereocenters. The molecule has 1 aromatic rings. The molecule has 0 spiro atoms. The number of hydrogen-bond donors (Lipinski definition) is 1. The van der Waals surface area contributed by atoms with Crippen LogP contribution in [0.4, 0.5) is 0 Å². The maximum Gasteiger partial charge on any atom is 0.146 e. The van der Waals surface area contributed by atoms with Crippen molar-refractivity contribution in [2.24, 2.45) is 13.0 Å². The van der Waals surface area contributed by atoms with Gasteiger partial charge in [0.05, 0.1) is 6.54 Å². The Bertz CT molecular complexity index is 275. The first-order valence-corrected chi connectivity index (χ1v) is 5.40. The number of aromatic nitrogens is 3. The van der Waals surface area contributed by atoms with Crippen LogP contribution in [0.3, 0.4) is 0 Å².